The van der Waals surface area contributed by atoms with E-state index in [0.717, 1.165) is 11.8 Å². The molecule has 2 aromatic rings. The maximum Gasteiger partial charge on any atom is 0.329 e. The van der Waals surface area contributed by atoms with Crippen molar-refractivity contribution < 1.29 is 14.5 Å². The van der Waals surface area contributed by atoms with E-state index < -0.39 is 16.7 Å². The number of carbonyl (C=O) groups excluding carboxylic acids is 2. The minimum absolute atomic E-state index is 0.172. The Bertz CT molecular complexity index is 867. The lowest BCUT2D eigenvalue weighted by molar-refractivity contribution is -0.384. The second kappa shape index (κ2) is 8.02. The molecule has 128 valence electrons. The first-order valence-corrected chi connectivity index (χ1v) is 7.40. The Morgan fingerprint density at radius 1 is 1.20 bits per heavy atom. The number of para-hydroxylation sites is 1. The lowest BCUT2D eigenvalue weighted by Gasteiger charge is -2.06. The van der Waals surface area contributed by atoms with Gasteiger partial charge in [-0.05, 0) is 24.6 Å². The first-order valence-electron chi connectivity index (χ1n) is 7.02. The fourth-order valence-electron chi connectivity index (χ4n) is 1.85. The number of nitro groups is 1. The molecule has 0 aliphatic carbocycles. The topological polar surface area (TPSA) is 114 Å². The molecule has 0 aliphatic heterocycles. The molecule has 0 saturated carbocycles. The highest BCUT2D eigenvalue weighted by atomic mass is 35.5. The van der Waals surface area contributed by atoms with Gasteiger partial charge >= 0.3 is 11.8 Å². The van der Waals surface area contributed by atoms with Gasteiger partial charge in [0.15, 0.2) is 0 Å². The van der Waals surface area contributed by atoms with Gasteiger partial charge in [-0.1, -0.05) is 29.8 Å². The number of nitro benzene ring substituents is 1. The molecule has 9 heteroatoms. The zero-order valence-electron chi connectivity index (χ0n) is 13.0. The number of benzene rings is 2. The highest BCUT2D eigenvalue weighted by molar-refractivity contribution is 6.39. The molecule has 0 aromatic heterocycles. The van der Waals surface area contributed by atoms with E-state index in [1.54, 1.807) is 31.2 Å². The van der Waals surface area contributed by atoms with E-state index in [9.17, 15) is 19.7 Å². The van der Waals surface area contributed by atoms with Gasteiger partial charge in [0.1, 0.15) is 0 Å². The van der Waals surface area contributed by atoms with Crippen molar-refractivity contribution in [1.82, 2.24) is 5.43 Å². The smallest absolute Gasteiger partial charge is 0.317 e. The van der Waals surface area contributed by atoms with Gasteiger partial charge in [-0.25, -0.2) is 5.43 Å². The predicted octanol–water partition coefficient (Wildman–Crippen LogP) is 2.65. The second-order valence-electron chi connectivity index (χ2n) is 4.93. The van der Waals surface area contributed by atoms with Gasteiger partial charge in [0.05, 0.1) is 11.1 Å². The van der Waals surface area contributed by atoms with E-state index in [4.69, 9.17) is 11.6 Å². The summed E-state index contributed by atoms with van der Waals surface area (Å²) in [4.78, 5) is 33.7. The van der Waals surface area contributed by atoms with Crippen LogP contribution in [0.5, 0.6) is 0 Å². The molecule has 25 heavy (non-hydrogen) atoms. The number of nitrogens with one attached hydrogen (secondary N) is 2. The van der Waals surface area contributed by atoms with Crippen LogP contribution in [0.4, 0.5) is 11.4 Å². The van der Waals surface area contributed by atoms with Gasteiger partial charge < -0.3 is 5.32 Å². The van der Waals surface area contributed by atoms with Crippen molar-refractivity contribution in [3.05, 3.63) is 68.7 Å². The summed E-state index contributed by atoms with van der Waals surface area (Å²) in [5.41, 5.74) is 3.41. The number of hydrazone groups is 1. The van der Waals surface area contributed by atoms with Crippen molar-refractivity contribution in [2.24, 2.45) is 5.10 Å². The van der Waals surface area contributed by atoms with E-state index in [1.165, 1.54) is 18.2 Å². The van der Waals surface area contributed by atoms with Crippen LogP contribution in [0, 0.1) is 17.0 Å². The van der Waals surface area contributed by atoms with Crippen molar-refractivity contribution in [2.75, 3.05) is 5.32 Å². The third kappa shape index (κ3) is 4.85. The van der Waals surface area contributed by atoms with Gasteiger partial charge in [-0.2, -0.15) is 5.10 Å². The third-order valence-corrected chi connectivity index (χ3v) is 3.50. The SMILES string of the molecule is Cc1ccccc1NC(=O)C(=O)N/N=C\c1cc([N+](=O)[O-])ccc1Cl. The number of halogens is 1. The molecule has 0 aliphatic rings. The number of nitrogens with zero attached hydrogens (tertiary/aromatic N) is 2. The summed E-state index contributed by atoms with van der Waals surface area (Å²) in [6.45, 7) is 1.79. The number of aryl methyl sites for hydroxylation is 1. The minimum Gasteiger partial charge on any atom is -0.317 e. The molecular formula is C16H13ClN4O4. The average Bonchev–Trinajstić information content (AvgIpc) is 2.58. The van der Waals surface area contributed by atoms with Crippen LogP contribution in [0.1, 0.15) is 11.1 Å². The summed E-state index contributed by atoms with van der Waals surface area (Å²) in [6, 6.07) is 10.8. The van der Waals surface area contributed by atoms with Crippen molar-refractivity contribution >= 4 is 41.0 Å². The molecule has 2 aromatic carbocycles. The van der Waals surface area contributed by atoms with E-state index in [2.05, 4.69) is 10.4 Å². The Hall–Kier alpha value is -3.26. The first kappa shape index (κ1) is 18.1. The predicted molar refractivity (Wildman–Crippen MR) is 93.7 cm³/mol. The van der Waals surface area contributed by atoms with Crippen LogP contribution in [-0.2, 0) is 9.59 Å². The van der Waals surface area contributed by atoms with Gasteiger partial charge in [0, 0.05) is 28.4 Å². The van der Waals surface area contributed by atoms with Gasteiger partial charge in [-0.15, -0.1) is 0 Å². The number of hydrogen-bond acceptors (Lipinski definition) is 5. The molecule has 0 unspecified atom stereocenters. The van der Waals surface area contributed by atoms with Crippen molar-refractivity contribution in [1.29, 1.82) is 0 Å². The van der Waals surface area contributed by atoms with Crippen LogP contribution < -0.4 is 10.7 Å². The summed E-state index contributed by atoms with van der Waals surface area (Å²) < 4.78 is 0. The van der Waals surface area contributed by atoms with Crippen LogP contribution in [0.2, 0.25) is 5.02 Å². The zero-order valence-corrected chi connectivity index (χ0v) is 13.8. The Morgan fingerprint density at radius 2 is 1.92 bits per heavy atom. The monoisotopic (exact) mass is 360 g/mol. The summed E-state index contributed by atoms with van der Waals surface area (Å²) >= 11 is 5.90. The fourth-order valence-corrected chi connectivity index (χ4v) is 2.01. The largest absolute Gasteiger partial charge is 0.329 e. The van der Waals surface area contributed by atoms with Crippen molar-refractivity contribution in [2.45, 2.75) is 6.92 Å². The minimum atomic E-state index is -0.985. The van der Waals surface area contributed by atoms with Gasteiger partial charge in [-0.3, -0.25) is 19.7 Å². The standard InChI is InChI=1S/C16H13ClN4O4/c1-10-4-2-3-5-14(10)19-15(22)16(23)20-18-9-11-8-12(21(24)25)6-7-13(11)17/h2-9H,1H3,(H,19,22)(H,20,23)/b18-9-. The average molecular weight is 361 g/mol. The van der Waals surface area contributed by atoms with Crippen LogP contribution in [0.25, 0.3) is 0 Å². The highest BCUT2D eigenvalue weighted by Crippen LogP contribution is 2.20. The zero-order chi connectivity index (χ0) is 18.4. The van der Waals surface area contributed by atoms with Crippen LogP contribution in [-0.4, -0.2) is 23.0 Å². The lowest BCUT2D eigenvalue weighted by Crippen LogP contribution is -2.32. The van der Waals surface area contributed by atoms with Crippen LogP contribution in [0.3, 0.4) is 0 Å². The Kier molecular flexibility index (Phi) is 5.80. The Morgan fingerprint density at radius 3 is 2.60 bits per heavy atom. The van der Waals surface area contributed by atoms with Crippen LogP contribution >= 0.6 is 11.6 Å². The van der Waals surface area contributed by atoms with Crippen molar-refractivity contribution in [3.63, 3.8) is 0 Å². The first-order chi connectivity index (χ1) is 11.9. The van der Waals surface area contributed by atoms with Gasteiger partial charge in [0.25, 0.3) is 5.69 Å². The second-order valence-corrected chi connectivity index (χ2v) is 5.34. The van der Waals surface area contributed by atoms with E-state index >= 15 is 0 Å². The molecule has 0 radical (unpaired) electrons. The molecule has 0 saturated heterocycles. The molecule has 0 heterocycles. The number of hydrogen-bond donors (Lipinski definition) is 2. The summed E-state index contributed by atoms with van der Waals surface area (Å²) in [6.07, 6.45) is 1.12. The van der Waals surface area contributed by atoms with Gasteiger partial charge in [0.2, 0.25) is 0 Å². The van der Waals surface area contributed by atoms with E-state index in [0.29, 0.717) is 5.69 Å². The number of amides is 2. The summed E-state index contributed by atoms with van der Waals surface area (Å²) in [5.74, 6) is -1.88. The molecular weight excluding hydrogens is 348 g/mol. The molecule has 0 fully saturated rings. The molecule has 2 rings (SSSR count). The van der Waals surface area contributed by atoms with E-state index in [-0.39, 0.29) is 16.3 Å². The highest BCUT2D eigenvalue weighted by Gasteiger charge is 2.14. The molecule has 2 amide bonds. The summed E-state index contributed by atoms with van der Waals surface area (Å²) in [5, 5.41) is 17.0. The number of carbonyl (C=O) groups is 2. The molecule has 2 N–H and O–H groups in total. The maximum atomic E-state index is 11.8. The number of rotatable bonds is 4. The maximum absolute atomic E-state index is 11.8. The quantitative estimate of drug-likeness (QED) is 0.377. The van der Waals surface area contributed by atoms with Crippen LogP contribution in [0.15, 0.2) is 47.6 Å². The molecule has 0 bridgehead atoms. The summed E-state index contributed by atoms with van der Waals surface area (Å²) in [7, 11) is 0. The van der Waals surface area contributed by atoms with Crippen molar-refractivity contribution in [3.8, 4) is 0 Å². The lowest BCUT2D eigenvalue weighted by atomic mass is 10.2. The third-order valence-electron chi connectivity index (χ3n) is 3.16. The van der Waals surface area contributed by atoms with E-state index in [1.807, 2.05) is 5.43 Å². The Labute approximate surface area is 147 Å². The fraction of sp³-hybridized carbons (Fsp3) is 0.0625. The Balaban J connectivity index is 2.01. The molecule has 0 atom stereocenters. The number of non-ortho nitro benzene ring substituents is 1. The normalized spacial score (nSPS) is 10.5. The molecule has 0 spiro atoms. The number of anilines is 1. The molecule has 8 nitrogen and oxygen atoms in total.